The first-order valence-electron chi connectivity index (χ1n) is 6.25. The van der Waals surface area contributed by atoms with E-state index in [1.54, 1.807) is 26.8 Å². The normalized spacial score (nSPS) is 11.5. The zero-order chi connectivity index (χ0) is 16.9. The number of carbonyl (C=O) groups is 1. The number of hydrogen-bond acceptors (Lipinski definition) is 6. The molecule has 0 fully saturated rings. The lowest BCUT2D eigenvalue weighted by Crippen LogP contribution is -2.24. The minimum Gasteiger partial charge on any atom is -0.456 e. The number of benzene rings is 1. The molecule has 0 radical (unpaired) electrons. The SMILES string of the molecule is CC(C)(C)OC(=O)c1ccc(N/N=C(\C#N)C(=N)N)cc1F. The number of nitrogens with two attached hydrogens (primary N) is 1. The van der Waals surface area contributed by atoms with Crippen molar-refractivity contribution in [3.63, 3.8) is 0 Å². The number of rotatable bonds is 4. The fourth-order valence-electron chi connectivity index (χ4n) is 1.35. The molecule has 1 aromatic rings. The predicted octanol–water partition coefficient (Wildman–Crippen LogP) is 2.01. The Morgan fingerprint density at radius 1 is 1.50 bits per heavy atom. The average Bonchev–Trinajstić information content (AvgIpc) is 2.36. The second kappa shape index (κ2) is 6.67. The van der Waals surface area contributed by atoms with E-state index in [4.69, 9.17) is 21.1 Å². The van der Waals surface area contributed by atoms with E-state index in [-0.39, 0.29) is 17.0 Å². The first kappa shape index (κ1) is 17.1. The summed E-state index contributed by atoms with van der Waals surface area (Å²) in [5, 5.41) is 19.3. The number of nitriles is 1. The molecule has 0 aromatic heterocycles. The summed E-state index contributed by atoms with van der Waals surface area (Å²) in [5.74, 6) is -2.09. The van der Waals surface area contributed by atoms with Crippen molar-refractivity contribution in [3.8, 4) is 6.07 Å². The highest BCUT2D eigenvalue weighted by Crippen LogP contribution is 2.18. The van der Waals surface area contributed by atoms with Crippen molar-refractivity contribution in [2.75, 3.05) is 5.43 Å². The van der Waals surface area contributed by atoms with Crippen molar-refractivity contribution in [2.24, 2.45) is 10.8 Å². The standard InChI is InChI=1S/C14H16FN5O2/c1-14(2,3)22-13(21)9-5-4-8(6-10(9)15)19-20-11(7-16)12(17)18/h4-6,19H,1-3H3,(H3,17,18)/b20-11+. The highest BCUT2D eigenvalue weighted by molar-refractivity contribution is 6.45. The molecular formula is C14H16FN5O2. The summed E-state index contributed by atoms with van der Waals surface area (Å²) in [7, 11) is 0. The summed E-state index contributed by atoms with van der Waals surface area (Å²) < 4.78 is 19.0. The van der Waals surface area contributed by atoms with Crippen LogP contribution in [0.25, 0.3) is 0 Å². The smallest absolute Gasteiger partial charge is 0.341 e. The Balaban J connectivity index is 2.93. The van der Waals surface area contributed by atoms with Gasteiger partial charge in [0.15, 0.2) is 5.84 Å². The molecule has 0 amide bonds. The third-order valence-corrected chi connectivity index (χ3v) is 2.25. The van der Waals surface area contributed by atoms with E-state index < -0.39 is 23.2 Å². The number of nitrogens with zero attached hydrogens (tertiary/aromatic N) is 2. The van der Waals surface area contributed by atoms with Crippen LogP contribution in [0.15, 0.2) is 23.3 Å². The summed E-state index contributed by atoms with van der Waals surface area (Å²) in [4.78, 5) is 11.8. The van der Waals surface area contributed by atoms with Crippen molar-refractivity contribution in [1.82, 2.24) is 0 Å². The first-order valence-corrected chi connectivity index (χ1v) is 6.25. The third-order valence-electron chi connectivity index (χ3n) is 2.25. The van der Waals surface area contributed by atoms with Gasteiger partial charge < -0.3 is 10.5 Å². The molecule has 0 heterocycles. The number of anilines is 1. The maximum Gasteiger partial charge on any atom is 0.341 e. The summed E-state index contributed by atoms with van der Waals surface area (Å²) >= 11 is 0. The number of nitrogens with one attached hydrogen (secondary N) is 2. The molecule has 1 rings (SSSR count). The Labute approximate surface area is 127 Å². The molecule has 116 valence electrons. The number of halogens is 1. The lowest BCUT2D eigenvalue weighted by Gasteiger charge is -2.19. The molecule has 0 aliphatic rings. The lowest BCUT2D eigenvalue weighted by atomic mass is 10.1. The van der Waals surface area contributed by atoms with Gasteiger partial charge in [0.05, 0.1) is 11.3 Å². The Hall–Kier alpha value is -2.95. The van der Waals surface area contributed by atoms with Gasteiger partial charge in [-0.3, -0.25) is 10.8 Å². The Bertz CT molecular complexity index is 671. The number of ether oxygens (including phenoxy) is 1. The van der Waals surface area contributed by atoms with Gasteiger partial charge in [0, 0.05) is 0 Å². The van der Waals surface area contributed by atoms with Crippen molar-refractivity contribution in [1.29, 1.82) is 10.7 Å². The van der Waals surface area contributed by atoms with E-state index in [2.05, 4.69) is 10.5 Å². The predicted molar refractivity (Wildman–Crippen MR) is 80.2 cm³/mol. The van der Waals surface area contributed by atoms with Crippen LogP contribution in [0.5, 0.6) is 0 Å². The van der Waals surface area contributed by atoms with Crippen molar-refractivity contribution >= 4 is 23.2 Å². The summed E-state index contributed by atoms with van der Waals surface area (Å²) in [5.41, 5.74) is 6.42. The number of amidine groups is 1. The molecule has 0 aliphatic heterocycles. The van der Waals surface area contributed by atoms with Gasteiger partial charge in [-0.15, -0.1) is 0 Å². The average molecular weight is 305 g/mol. The van der Waals surface area contributed by atoms with Crippen LogP contribution >= 0.6 is 0 Å². The molecule has 1 aromatic carbocycles. The topological polar surface area (TPSA) is 124 Å². The van der Waals surface area contributed by atoms with Crippen molar-refractivity contribution in [3.05, 3.63) is 29.6 Å². The van der Waals surface area contributed by atoms with Crippen molar-refractivity contribution in [2.45, 2.75) is 26.4 Å². The zero-order valence-electron chi connectivity index (χ0n) is 12.4. The number of hydrogen-bond donors (Lipinski definition) is 3. The fraction of sp³-hybridized carbons (Fsp3) is 0.286. The van der Waals surface area contributed by atoms with Crippen LogP contribution in [-0.2, 0) is 4.74 Å². The molecular weight excluding hydrogens is 289 g/mol. The molecule has 4 N–H and O–H groups in total. The molecule has 0 spiro atoms. The second-order valence-corrected chi connectivity index (χ2v) is 5.29. The largest absolute Gasteiger partial charge is 0.456 e. The summed E-state index contributed by atoms with van der Waals surface area (Å²) in [6.07, 6.45) is 0. The van der Waals surface area contributed by atoms with Crippen LogP contribution in [0.4, 0.5) is 10.1 Å². The molecule has 0 saturated heterocycles. The summed E-state index contributed by atoms with van der Waals surface area (Å²) in [6.45, 7) is 5.04. The lowest BCUT2D eigenvalue weighted by molar-refractivity contribution is 0.00648. The minimum atomic E-state index is -0.796. The molecule has 0 saturated carbocycles. The Morgan fingerprint density at radius 3 is 2.59 bits per heavy atom. The van der Waals surface area contributed by atoms with Crippen LogP contribution in [0.1, 0.15) is 31.1 Å². The Morgan fingerprint density at radius 2 is 2.14 bits per heavy atom. The van der Waals surface area contributed by atoms with E-state index in [1.165, 1.54) is 12.1 Å². The van der Waals surface area contributed by atoms with Gasteiger partial charge >= 0.3 is 5.97 Å². The van der Waals surface area contributed by atoms with Gasteiger partial charge in [-0.2, -0.15) is 10.4 Å². The number of esters is 1. The van der Waals surface area contributed by atoms with Crippen LogP contribution in [0.2, 0.25) is 0 Å². The molecule has 0 bridgehead atoms. The van der Waals surface area contributed by atoms with Gasteiger partial charge in [-0.1, -0.05) is 0 Å². The van der Waals surface area contributed by atoms with Gasteiger partial charge in [-0.25, -0.2) is 9.18 Å². The van der Waals surface area contributed by atoms with E-state index >= 15 is 0 Å². The van der Waals surface area contributed by atoms with Crippen LogP contribution in [0, 0.1) is 22.6 Å². The van der Waals surface area contributed by atoms with E-state index in [0.29, 0.717) is 0 Å². The molecule has 0 atom stereocenters. The van der Waals surface area contributed by atoms with E-state index in [1.807, 2.05) is 0 Å². The summed E-state index contributed by atoms with van der Waals surface area (Å²) in [6, 6.07) is 5.26. The minimum absolute atomic E-state index is 0.193. The molecule has 7 nitrogen and oxygen atoms in total. The van der Waals surface area contributed by atoms with Gasteiger partial charge in [0.25, 0.3) is 0 Å². The van der Waals surface area contributed by atoms with Gasteiger partial charge in [-0.05, 0) is 39.0 Å². The number of carbonyl (C=O) groups excluding carboxylic acids is 1. The third kappa shape index (κ3) is 4.86. The molecule has 22 heavy (non-hydrogen) atoms. The van der Waals surface area contributed by atoms with Crippen molar-refractivity contribution < 1.29 is 13.9 Å². The van der Waals surface area contributed by atoms with Gasteiger partial charge in [0.1, 0.15) is 17.5 Å². The maximum atomic E-state index is 13.9. The van der Waals surface area contributed by atoms with E-state index in [0.717, 1.165) is 6.07 Å². The Kier molecular flexibility index (Phi) is 5.18. The maximum absolute atomic E-state index is 13.9. The second-order valence-electron chi connectivity index (χ2n) is 5.29. The fourth-order valence-corrected chi connectivity index (χ4v) is 1.35. The monoisotopic (exact) mass is 305 g/mol. The molecule has 0 aliphatic carbocycles. The highest BCUT2D eigenvalue weighted by Gasteiger charge is 2.20. The molecule has 0 unspecified atom stereocenters. The first-order chi connectivity index (χ1) is 10.1. The van der Waals surface area contributed by atoms with Crippen LogP contribution < -0.4 is 11.2 Å². The van der Waals surface area contributed by atoms with E-state index in [9.17, 15) is 9.18 Å². The van der Waals surface area contributed by atoms with Crippen LogP contribution in [-0.4, -0.2) is 23.1 Å². The zero-order valence-corrected chi connectivity index (χ0v) is 12.4. The quantitative estimate of drug-likeness (QED) is 0.339. The highest BCUT2D eigenvalue weighted by atomic mass is 19.1. The molecule has 8 heteroatoms. The van der Waals surface area contributed by atoms with Crippen LogP contribution in [0.3, 0.4) is 0 Å². The van der Waals surface area contributed by atoms with Gasteiger partial charge in [0.2, 0.25) is 5.71 Å². The number of hydrazone groups is 1.